The predicted molar refractivity (Wildman–Crippen MR) is 258 cm³/mol. The number of carbonyl (C=O) groups is 3. The summed E-state index contributed by atoms with van der Waals surface area (Å²) in [6, 6.07) is 0.413. The summed E-state index contributed by atoms with van der Waals surface area (Å²) in [5.41, 5.74) is 38.0. The van der Waals surface area contributed by atoms with E-state index >= 15 is 0 Å². The quantitative estimate of drug-likeness (QED) is 0.0250. The number of fused-ring (bicyclic) bond motifs is 1. The predicted octanol–water partition coefficient (Wildman–Crippen LogP) is -6.68. The molecular weight excluding hydrogens is 1010 g/mol. The number of ether oxygens (including phenoxy) is 8. The number of imide groups is 1. The molecule has 4 aliphatic heterocycles. The lowest BCUT2D eigenvalue weighted by molar-refractivity contribution is -0.306. The minimum atomic E-state index is -1.59. The van der Waals surface area contributed by atoms with Crippen LogP contribution in [0.15, 0.2) is 24.4 Å². The van der Waals surface area contributed by atoms with Crippen molar-refractivity contribution < 1.29 is 88.1 Å². The Kier molecular flexibility index (Phi) is 21.4. The molecule has 75 heavy (non-hydrogen) atoms. The van der Waals surface area contributed by atoms with Crippen molar-refractivity contribution in [2.75, 3.05) is 44.4 Å². The summed E-state index contributed by atoms with van der Waals surface area (Å²) >= 11 is 1.36. The summed E-state index contributed by atoms with van der Waals surface area (Å²) < 4.78 is 49.4. The van der Waals surface area contributed by atoms with Crippen LogP contribution in [0.1, 0.15) is 53.7 Å². The molecule has 0 bridgehead atoms. The standard InChI is InChI=1S/C45H73N11O18S/c46-15-26-34(60)36(62)31(50)43(69-26)72-39-25(49)14-24(48)33(59)41(39)74-45-38(64)40(73-44-32(51)37(63)35(61)27(16-47)70-44)28(71-45)19-75-11-7-52-29(57)4-2-1-3-8-55-17-21(53-54-55)18-67-9-10-68-22-6-5-20-12-30(58)56(66)42(65)23(20)13-22/h5-6,13,17,24-28,31-41,43-45,59-64,66H,1-4,7-12,14-16,18-19,46-51H2,(H,52,57)/t24-,25+,26-,27-,28-,31-,32-,33+,34-,35-,36-,37-,38-,39-,40-,41-,43-,44-,45+/m1/s1. The molecule has 0 spiro atoms. The molecule has 7 rings (SSSR count). The van der Waals surface area contributed by atoms with Crippen molar-refractivity contribution in [1.29, 1.82) is 0 Å². The van der Waals surface area contributed by atoms with E-state index < -0.39 is 128 Å². The maximum Gasteiger partial charge on any atom is 0.285 e. The van der Waals surface area contributed by atoms with Crippen molar-refractivity contribution in [1.82, 2.24) is 25.4 Å². The summed E-state index contributed by atoms with van der Waals surface area (Å²) in [6.07, 6.45) is -15.7. The van der Waals surface area contributed by atoms with Gasteiger partial charge in [-0.1, -0.05) is 17.7 Å². The second-order valence-electron chi connectivity index (χ2n) is 19.2. The number of aryl methyl sites for hydroxylation is 1. The van der Waals surface area contributed by atoms with E-state index in [2.05, 4.69) is 15.6 Å². The third kappa shape index (κ3) is 14.5. The number of aromatic nitrogens is 3. The molecule has 2 aromatic rings. The number of amides is 3. The van der Waals surface area contributed by atoms with Gasteiger partial charge in [-0.25, -0.2) is 0 Å². The molecule has 5 aliphatic rings. The van der Waals surface area contributed by atoms with Crippen LogP contribution < -0.4 is 44.5 Å². The van der Waals surface area contributed by atoms with Crippen molar-refractivity contribution in [2.45, 2.75) is 168 Å². The number of hydrogen-bond acceptors (Lipinski definition) is 27. The van der Waals surface area contributed by atoms with Gasteiger partial charge in [0.25, 0.3) is 11.8 Å². The molecule has 3 amide bonds. The first kappa shape index (κ1) is 59.0. The highest BCUT2D eigenvalue weighted by atomic mass is 32.2. The minimum Gasteiger partial charge on any atom is -0.491 e. The van der Waals surface area contributed by atoms with Gasteiger partial charge in [0.15, 0.2) is 18.9 Å². The van der Waals surface area contributed by atoms with Gasteiger partial charge in [0.1, 0.15) is 79.1 Å². The number of aliphatic hydroxyl groups excluding tert-OH is 6. The number of benzene rings is 1. The number of thioether (sulfide) groups is 1. The van der Waals surface area contributed by atoms with Gasteiger partial charge in [-0.05, 0) is 37.0 Å². The van der Waals surface area contributed by atoms with Gasteiger partial charge in [0, 0.05) is 61.8 Å². The Labute approximate surface area is 435 Å². The number of nitrogens with zero attached hydrogens (tertiary/aromatic N) is 4. The molecule has 422 valence electrons. The Balaban J connectivity index is 0.837. The fraction of sp³-hybridized carbons (Fsp3) is 0.756. The zero-order valence-corrected chi connectivity index (χ0v) is 42.0. The summed E-state index contributed by atoms with van der Waals surface area (Å²) in [5.74, 6) is -0.652. The largest absolute Gasteiger partial charge is 0.491 e. The maximum absolute atomic E-state index is 12.7. The van der Waals surface area contributed by atoms with Gasteiger partial charge in [0.05, 0.1) is 50.1 Å². The number of aliphatic hydroxyl groups is 6. The normalized spacial score (nSPS) is 36.2. The van der Waals surface area contributed by atoms with Crippen LogP contribution in [0.2, 0.25) is 0 Å². The fourth-order valence-corrected chi connectivity index (χ4v) is 10.3. The first-order valence-corrected chi connectivity index (χ1v) is 26.1. The van der Waals surface area contributed by atoms with E-state index in [4.69, 9.17) is 72.3 Å². The summed E-state index contributed by atoms with van der Waals surface area (Å²) in [7, 11) is 0. The number of nitrogens with two attached hydrogens (primary N) is 6. The summed E-state index contributed by atoms with van der Waals surface area (Å²) in [5, 5.41) is 86.2. The Hall–Kier alpha value is -3.68. The Bertz CT molecular complexity index is 2170. The third-order valence-corrected chi connectivity index (χ3v) is 14.8. The van der Waals surface area contributed by atoms with Gasteiger partial charge in [-0.15, -0.1) is 5.10 Å². The van der Waals surface area contributed by atoms with Gasteiger partial charge in [-0.2, -0.15) is 16.8 Å². The molecule has 20 N–H and O–H groups in total. The molecule has 1 aromatic heterocycles. The Morgan fingerprint density at radius 2 is 1.43 bits per heavy atom. The molecule has 3 saturated heterocycles. The lowest BCUT2D eigenvalue weighted by Gasteiger charge is -2.47. The third-order valence-electron chi connectivity index (χ3n) is 13.7. The zero-order valence-electron chi connectivity index (χ0n) is 41.2. The number of nitrogens with one attached hydrogen (secondary N) is 1. The lowest BCUT2D eigenvalue weighted by Crippen LogP contribution is -2.68. The van der Waals surface area contributed by atoms with Crippen LogP contribution in [0.25, 0.3) is 0 Å². The Morgan fingerprint density at radius 1 is 0.773 bits per heavy atom. The van der Waals surface area contributed by atoms with Crippen LogP contribution in [0, 0.1) is 0 Å². The van der Waals surface area contributed by atoms with Crippen LogP contribution in [0.5, 0.6) is 5.75 Å². The second-order valence-corrected chi connectivity index (χ2v) is 20.3. The molecule has 19 atom stereocenters. The molecule has 1 saturated carbocycles. The monoisotopic (exact) mass is 1090 g/mol. The van der Waals surface area contributed by atoms with Crippen LogP contribution in [0.4, 0.5) is 0 Å². The lowest BCUT2D eigenvalue weighted by atomic mass is 9.84. The average Bonchev–Trinajstić information content (AvgIpc) is 3.97. The number of carbonyl (C=O) groups excluding carboxylic acids is 3. The van der Waals surface area contributed by atoms with Crippen molar-refractivity contribution in [3.05, 3.63) is 41.2 Å². The SMILES string of the molecule is NC[C@H]1O[C@H](O[C@H]2[C@H](O[C@@H]3O[C@H](CSCCNC(=O)CCCCCn4cc(COCCOc5ccc6c(c5)C(=O)N(O)C(=O)C6)nn4)[C@@H](O[C@H]4O[C@H](CN)[C@@H](O)[C@H](O)[C@H]4N)[C@H]3O)[C@@H](O)[C@H](N)C[C@@H]2N)[C@H](N)[C@@H](O)[C@@H]1O. The van der Waals surface area contributed by atoms with Crippen molar-refractivity contribution >= 4 is 29.5 Å². The maximum atomic E-state index is 12.7. The van der Waals surface area contributed by atoms with Crippen LogP contribution in [-0.4, -0.2) is 234 Å². The van der Waals surface area contributed by atoms with E-state index in [9.17, 15) is 50.2 Å². The van der Waals surface area contributed by atoms with Crippen molar-refractivity contribution in [3.63, 3.8) is 0 Å². The molecule has 4 fully saturated rings. The van der Waals surface area contributed by atoms with Gasteiger partial charge >= 0.3 is 0 Å². The highest BCUT2D eigenvalue weighted by molar-refractivity contribution is 7.99. The molecular formula is C45H73N11O18S. The molecule has 5 heterocycles. The van der Waals surface area contributed by atoms with Crippen LogP contribution in [0.3, 0.4) is 0 Å². The second kappa shape index (κ2) is 27.3. The van der Waals surface area contributed by atoms with E-state index in [-0.39, 0.29) is 68.0 Å². The summed E-state index contributed by atoms with van der Waals surface area (Å²) in [6.45, 7) is 1.11. The van der Waals surface area contributed by atoms with Crippen LogP contribution >= 0.6 is 11.8 Å². The molecule has 0 unspecified atom stereocenters. The number of hydroxylamine groups is 2. The molecule has 0 radical (unpaired) electrons. The van der Waals surface area contributed by atoms with Gasteiger partial charge in [-0.3, -0.25) is 24.3 Å². The van der Waals surface area contributed by atoms with E-state index in [0.717, 1.165) is 12.8 Å². The number of hydrogen-bond donors (Lipinski definition) is 14. The summed E-state index contributed by atoms with van der Waals surface area (Å²) in [4.78, 5) is 36.7. The van der Waals surface area contributed by atoms with E-state index in [1.807, 2.05) is 0 Å². The number of unbranched alkanes of at least 4 members (excludes halogenated alkanes) is 2. The van der Waals surface area contributed by atoms with E-state index in [1.165, 1.54) is 17.8 Å². The minimum absolute atomic E-state index is 0.0665. The smallest absolute Gasteiger partial charge is 0.285 e. The molecule has 1 aliphatic carbocycles. The Morgan fingerprint density at radius 3 is 2.11 bits per heavy atom. The topological polar surface area (TPSA) is 469 Å². The van der Waals surface area contributed by atoms with Crippen LogP contribution in [-0.2, 0) is 62.3 Å². The van der Waals surface area contributed by atoms with E-state index in [1.54, 1.807) is 23.0 Å². The molecule has 1 aromatic carbocycles. The highest BCUT2D eigenvalue weighted by Gasteiger charge is 2.54. The van der Waals surface area contributed by atoms with Crippen molar-refractivity contribution in [2.24, 2.45) is 34.4 Å². The van der Waals surface area contributed by atoms with E-state index in [0.29, 0.717) is 48.7 Å². The molecule has 29 nitrogen and oxygen atoms in total. The van der Waals surface area contributed by atoms with Gasteiger partial charge < -0.3 is 108 Å². The fourth-order valence-electron chi connectivity index (χ4n) is 9.39. The van der Waals surface area contributed by atoms with Gasteiger partial charge in [0.2, 0.25) is 5.91 Å². The molecule has 30 heteroatoms. The zero-order chi connectivity index (χ0) is 54.1. The number of rotatable bonds is 25. The first-order valence-electron chi connectivity index (χ1n) is 25.0. The first-order chi connectivity index (χ1) is 35.9. The highest BCUT2D eigenvalue weighted by Crippen LogP contribution is 2.35. The average molecular weight is 1090 g/mol. The van der Waals surface area contributed by atoms with Crippen molar-refractivity contribution in [3.8, 4) is 5.75 Å².